The summed E-state index contributed by atoms with van der Waals surface area (Å²) in [5.41, 5.74) is 0. The molecular formula is C10H15N3OS. The zero-order valence-electron chi connectivity index (χ0n) is 8.77. The molecule has 0 atom stereocenters. The molecule has 0 saturated heterocycles. The summed E-state index contributed by atoms with van der Waals surface area (Å²) < 4.78 is 5.38. The molecule has 0 bridgehead atoms. The normalized spacial score (nSPS) is 16.1. The van der Waals surface area contributed by atoms with E-state index in [0.29, 0.717) is 17.8 Å². The van der Waals surface area contributed by atoms with Crippen LogP contribution in [0.5, 0.6) is 5.19 Å². The quantitative estimate of drug-likeness (QED) is 0.749. The topological polar surface area (TPSA) is 47.0 Å². The number of nitrogens with zero attached hydrogens (tertiary/aromatic N) is 2. The number of hydrogen-bond donors (Lipinski definition) is 1. The molecule has 1 fully saturated rings. The summed E-state index contributed by atoms with van der Waals surface area (Å²) in [6.07, 6.45) is 6.49. The standard InChI is InChI=1S/C10H15N3OS/c1-2-3-6-14-10-13-12-9(15-10)7-11-8-4-5-8/h2-3,8,11H,4-7H2,1H3/b3-2+. The number of allylic oxidation sites excluding steroid dienone is 1. The zero-order valence-corrected chi connectivity index (χ0v) is 9.59. The Kier molecular flexibility index (Phi) is 3.69. The average Bonchev–Trinajstić information content (AvgIpc) is 2.97. The van der Waals surface area contributed by atoms with E-state index in [9.17, 15) is 0 Å². The third kappa shape index (κ3) is 3.60. The summed E-state index contributed by atoms with van der Waals surface area (Å²) in [6, 6.07) is 0.710. The molecule has 4 nitrogen and oxygen atoms in total. The van der Waals surface area contributed by atoms with Gasteiger partial charge in [-0.1, -0.05) is 28.6 Å². The van der Waals surface area contributed by atoms with E-state index < -0.39 is 0 Å². The predicted molar refractivity (Wildman–Crippen MR) is 60.1 cm³/mol. The van der Waals surface area contributed by atoms with Crippen molar-refractivity contribution >= 4 is 11.3 Å². The van der Waals surface area contributed by atoms with Crippen LogP contribution in [0, 0.1) is 0 Å². The molecule has 0 radical (unpaired) electrons. The highest BCUT2D eigenvalue weighted by Gasteiger charge is 2.20. The third-order valence-electron chi connectivity index (χ3n) is 2.11. The van der Waals surface area contributed by atoms with Gasteiger partial charge in [-0.2, -0.15) is 0 Å². The first-order chi connectivity index (χ1) is 7.38. The van der Waals surface area contributed by atoms with Gasteiger partial charge in [-0.15, -0.1) is 5.10 Å². The van der Waals surface area contributed by atoms with Crippen LogP contribution in [-0.4, -0.2) is 22.8 Å². The molecule has 5 heteroatoms. The first kappa shape index (κ1) is 10.6. The van der Waals surface area contributed by atoms with Crippen LogP contribution < -0.4 is 10.1 Å². The van der Waals surface area contributed by atoms with Crippen molar-refractivity contribution in [3.05, 3.63) is 17.2 Å². The molecule has 0 aromatic carbocycles. The van der Waals surface area contributed by atoms with Gasteiger partial charge in [-0.25, -0.2) is 0 Å². The second-order valence-corrected chi connectivity index (χ2v) is 4.52. The lowest BCUT2D eigenvalue weighted by atomic mass is 10.6. The lowest BCUT2D eigenvalue weighted by Crippen LogP contribution is -2.14. The van der Waals surface area contributed by atoms with E-state index in [1.54, 1.807) is 0 Å². The van der Waals surface area contributed by atoms with Crippen LogP contribution in [0.3, 0.4) is 0 Å². The maximum atomic E-state index is 5.38. The van der Waals surface area contributed by atoms with Gasteiger partial charge in [0.05, 0.1) is 6.54 Å². The van der Waals surface area contributed by atoms with Gasteiger partial charge >= 0.3 is 0 Å². The molecule has 1 saturated carbocycles. The molecular weight excluding hydrogens is 210 g/mol. The zero-order chi connectivity index (χ0) is 10.5. The molecule has 1 aromatic heterocycles. The van der Waals surface area contributed by atoms with Crippen molar-refractivity contribution < 1.29 is 4.74 Å². The molecule has 82 valence electrons. The Balaban J connectivity index is 1.75. The SMILES string of the molecule is C/C=C/COc1nnc(CNC2CC2)s1. The maximum absolute atomic E-state index is 5.38. The summed E-state index contributed by atoms with van der Waals surface area (Å²) in [5.74, 6) is 0. The summed E-state index contributed by atoms with van der Waals surface area (Å²) in [7, 11) is 0. The van der Waals surface area contributed by atoms with E-state index in [2.05, 4.69) is 15.5 Å². The van der Waals surface area contributed by atoms with Crippen LogP contribution >= 0.6 is 11.3 Å². The van der Waals surface area contributed by atoms with Gasteiger partial charge in [0.25, 0.3) is 5.19 Å². The van der Waals surface area contributed by atoms with Crippen molar-refractivity contribution in [2.75, 3.05) is 6.61 Å². The van der Waals surface area contributed by atoms with Crippen molar-refractivity contribution in [3.63, 3.8) is 0 Å². The van der Waals surface area contributed by atoms with Crippen LogP contribution in [-0.2, 0) is 6.54 Å². The minimum Gasteiger partial charge on any atom is -0.465 e. The summed E-state index contributed by atoms with van der Waals surface area (Å²) in [6.45, 7) is 3.35. The summed E-state index contributed by atoms with van der Waals surface area (Å²) in [4.78, 5) is 0. The Morgan fingerprint density at radius 1 is 1.53 bits per heavy atom. The van der Waals surface area contributed by atoms with Gasteiger partial charge < -0.3 is 10.1 Å². The summed E-state index contributed by atoms with van der Waals surface area (Å²) in [5, 5.41) is 13.1. The molecule has 1 N–H and O–H groups in total. The smallest absolute Gasteiger partial charge is 0.294 e. The van der Waals surface area contributed by atoms with E-state index in [0.717, 1.165) is 11.6 Å². The largest absolute Gasteiger partial charge is 0.465 e. The number of rotatable bonds is 6. The van der Waals surface area contributed by atoms with E-state index in [1.807, 2.05) is 19.1 Å². The van der Waals surface area contributed by atoms with Gasteiger partial charge in [-0.3, -0.25) is 0 Å². The van der Waals surface area contributed by atoms with E-state index in [1.165, 1.54) is 24.2 Å². The van der Waals surface area contributed by atoms with Crippen LogP contribution in [0.15, 0.2) is 12.2 Å². The van der Waals surface area contributed by atoms with E-state index >= 15 is 0 Å². The summed E-state index contributed by atoms with van der Waals surface area (Å²) >= 11 is 1.51. The number of ether oxygens (including phenoxy) is 1. The minimum atomic E-state index is 0.571. The van der Waals surface area contributed by atoms with Crippen molar-refractivity contribution in [2.24, 2.45) is 0 Å². The van der Waals surface area contributed by atoms with Gasteiger partial charge in [0.15, 0.2) is 0 Å². The van der Waals surface area contributed by atoms with Crippen molar-refractivity contribution in [1.82, 2.24) is 15.5 Å². The molecule has 1 aliphatic rings. The number of aromatic nitrogens is 2. The van der Waals surface area contributed by atoms with Crippen LogP contribution in [0.4, 0.5) is 0 Å². The van der Waals surface area contributed by atoms with Gasteiger partial charge in [-0.05, 0) is 19.8 Å². The molecule has 2 rings (SSSR count). The molecule has 0 aliphatic heterocycles. The molecule has 1 aromatic rings. The Labute approximate surface area is 93.4 Å². The Morgan fingerprint density at radius 3 is 3.13 bits per heavy atom. The average molecular weight is 225 g/mol. The molecule has 15 heavy (non-hydrogen) atoms. The van der Waals surface area contributed by atoms with Crippen molar-refractivity contribution in [2.45, 2.75) is 32.4 Å². The maximum Gasteiger partial charge on any atom is 0.294 e. The molecule has 1 heterocycles. The van der Waals surface area contributed by atoms with E-state index in [4.69, 9.17) is 4.74 Å². The first-order valence-electron chi connectivity index (χ1n) is 5.18. The monoisotopic (exact) mass is 225 g/mol. The van der Waals surface area contributed by atoms with Crippen LogP contribution in [0.2, 0.25) is 0 Å². The lowest BCUT2D eigenvalue weighted by molar-refractivity contribution is 0.357. The van der Waals surface area contributed by atoms with Gasteiger partial charge in [0.1, 0.15) is 11.6 Å². The van der Waals surface area contributed by atoms with Crippen molar-refractivity contribution in [1.29, 1.82) is 0 Å². The Morgan fingerprint density at radius 2 is 2.40 bits per heavy atom. The first-order valence-corrected chi connectivity index (χ1v) is 6.00. The number of hydrogen-bond acceptors (Lipinski definition) is 5. The van der Waals surface area contributed by atoms with E-state index in [-0.39, 0.29) is 0 Å². The fraction of sp³-hybridized carbons (Fsp3) is 0.600. The Bertz CT molecular complexity index is 333. The Hall–Kier alpha value is -0.940. The fourth-order valence-electron chi connectivity index (χ4n) is 1.10. The highest BCUT2D eigenvalue weighted by Crippen LogP contribution is 2.21. The van der Waals surface area contributed by atoms with Gasteiger partial charge in [0, 0.05) is 6.04 Å². The fourth-order valence-corrected chi connectivity index (χ4v) is 1.75. The van der Waals surface area contributed by atoms with Crippen LogP contribution in [0.25, 0.3) is 0 Å². The van der Waals surface area contributed by atoms with Crippen LogP contribution in [0.1, 0.15) is 24.8 Å². The van der Waals surface area contributed by atoms with Crippen molar-refractivity contribution in [3.8, 4) is 5.19 Å². The number of nitrogens with one attached hydrogen (secondary N) is 1. The minimum absolute atomic E-state index is 0.571. The molecule has 1 aliphatic carbocycles. The predicted octanol–water partition coefficient (Wildman–Crippen LogP) is 1.75. The van der Waals surface area contributed by atoms with Gasteiger partial charge in [0.2, 0.25) is 0 Å². The molecule has 0 spiro atoms. The lowest BCUT2D eigenvalue weighted by Gasteiger charge is -1.96. The highest BCUT2D eigenvalue weighted by atomic mass is 32.1. The second kappa shape index (κ2) is 5.23. The molecule has 0 amide bonds. The molecule has 0 unspecified atom stereocenters. The highest BCUT2D eigenvalue weighted by molar-refractivity contribution is 7.13. The third-order valence-corrected chi connectivity index (χ3v) is 2.94. The second-order valence-electron chi connectivity index (χ2n) is 3.50.